The predicted molar refractivity (Wildman–Crippen MR) is 78.5 cm³/mol. The zero-order valence-corrected chi connectivity index (χ0v) is 12.4. The van der Waals surface area contributed by atoms with Crippen LogP contribution in [0.25, 0.3) is 0 Å². The first-order valence-corrected chi connectivity index (χ1v) is 7.76. The van der Waals surface area contributed by atoms with Crippen LogP contribution in [0.2, 0.25) is 0 Å². The monoisotopic (exact) mass is 287 g/mol. The molecular formula is C15H29NO4. The average Bonchev–Trinajstić information content (AvgIpc) is 2.40. The Morgan fingerprint density at radius 2 is 1.25 bits per heavy atom. The lowest BCUT2D eigenvalue weighted by Gasteiger charge is -2.04. The van der Waals surface area contributed by atoms with Crippen LogP contribution in [0.5, 0.6) is 0 Å². The first-order chi connectivity index (χ1) is 9.66. The van der Waals surface area contributed by atoms with Crippen molar-refractivity contribution in [3.8, 4) is 0 Å². The molecule has 1 amide bonds. The lowest BCUT2D eigenvalue weighted by molar-refractivity contribution is -0.137. The molecule has 20 heavy (non-hydrogen) atoms. The number of aliphatic hydroxyl groups excluding tert-OH is 1. The SMILES string of the molecule is O=C(O)CCCCCCCCCCCNC(=O)CCO. The number of unbranched alkanes of at least 4 members (excludes halogenated alkanes) is 8. The number of carboxylic acids is 1. The summed E-state index contributed by atoms with van der Waals surface area (Å²) in [5.41, 5.74) is 0. The fourth-order valence-corrected chi connectivity index (χ4v) is 2.06. The highest BCUT2D eigenvalue weighted by Gasteiger charge is 1.98. The molecule has 0 aliphatic rings. The van der Waals surface area contributed by atoms with E-state index in [1.54, 1.807) is 0 Å². The second kappa shape index (κ2) is 14.3. The molecule has 0 aromatic carbocycles. The number of hydrogen-bond donors (Lipinski definition) is 3. The number of carbonyl (C=O) groups is 2. The number of amides is 1. The highest BCUT2D eigenvalue weighted by Crippen LogP contribution is 2.10. The molecule has 3 N–H and O–H groups in total. The van der Waals surface area contributed by atoms with Gasteiger partial charge in [0, 0.05) is 19.4 Å². The van der Waals surface area contributed by atoms with E-state index in [0.717, 1.165) is 32.1 Å². The Morgan fingerprint density at radius 3 is 1.75 bits per heavy atom. The maximum absolute atomic E-state index is 11.0. The Morgan fingerprint density at radius 1 is 0.750 bits per heavy atom. The highest BCUT2D eigenvalue weighted by atomic mass is 16.4. The van der Waals surface area contributed by atoms with E-state index < -0.39 is 5.97 Å². The van der Waals surface area contributed by atoms with Gasteiger partial charge in [-0.2, -0.15) is 0 Å². The van der Waals surface area contributed by atoms with Crippen molar-refractivity contribution >= 4 is 11.9 Å². The molecule has 0 saturated carbocycles. The molecular weight excluding hydrogens is 258 g/mol. The molecule has 0 atom stereocenters. The zero-order valence-electron chi connectivity index (χ0n) is 12.4. The Kier molecular flexibility index (Phi) is 13.5. The minimum Gasteiger partial charge on any atom is -0.481 e. The third-order valence-corrected chi connectivity index (χ3v) is 3.23. The third kappa shape index (κ3) is 15.0. The molecule has 0 aromatic rings. The lowest BCUT2D eigenvalue weighted by Crippen LogP contribution is -2.24. The second-order valence-electron chi connectivity index (χ2n) is 5.15. The molecule has 0 fully saturated rings. The predicted octanol–water partition coefficient (Wildman–Crippen LogP) is 2.47. The minimum atomic E-state index is -0.698. The number of aliphatic carboxylic acids is 1. The van der Waals surface area contributed by atoms with Crippen LogP contribution in [-0.4, -0.2) is 35.2 Å². The molecule has 0 aliphatic carbocycles. The number of hydrogen-bond acceptors (Lipinski definition) is 3. The van der Waals surface area contributed by atoms with Gasteiger partial charge in [0.15, 0.2) is 0 Å². The first kappa shape index (κ1) is 18.9. The third-order valence-electron chi connectivity index (χ3n) is 3.23. The highest BCUT2D eigenvalue weighted by molar-refractivity contribution is 5.75. The van der Waals surface area contributed by atoms with Crippen LogP contribution in [0, 0.1) is 0 Å². The average molecular weight is 287 g/mol. The summed E-state index contributed by atoms with van der Waals surface area (Å²) in [4.78, 5) is 21.3. The lowest BCUT2D eigenvalue weighted by atomic mass is 10.1. The summed E-state index contributed by atoms with van der Waals surface area (Å²) in [5, 5.41) is 19.8. The number of nitrogens with one attached hydrogen (secondary N) is 1. The Balaban J connectivity index is 3.06. The van der Waals surface area contributed by atoms with Gasteiger partial charge in [0.1, 0.15) is 0 Å². The van der Waals surface area contributed by atoms with Crippen LogP contribution < -0.4 is 5.32 Å². The molecule has 118 valence electrons. The molecule has 0 saturated heterocycles. The van der Waals surface area contributed by atoms with Crippen molar-refractivity contribution in [2.45, 2.75) is 70.6 Å². The standard InChI is InChI=1S/C15H29NO4/c17-13-11-14(18)16-12-9-7-5-3-1-2-4-6-8-10-15(19)20/h17H,1-13H2,(H,16,18)(H,19,20). The molecule has 0 aliphatic heterocycles. The number of aliphatic hydroxyl groups is 1. The van der Waals surface area contributed by atoms with Crippen molar-refractivity contribution in [3.63, 3.8) is 0 Å². The van der Waals surface area contributed by atoms with Crippen molar-refractivity contribution in [1.29, 1.82) is 0 Å². The van der Waals surface area contributed by atoms with E-state index in [-0.39, 0.29) is 18.9 Å². The summed E-state index contributed by atoms with van der Waals surface area (Å²) in [6, 6.07) is 0. The molecule has 0 spiro atoms. The first-order valence-electron chi connectivity index (χ1n) is 7.76. The van der Waals surface area contributed by atoms with Gasteiger partial charge < -0.3 is 15.5 Å². The van der Waals surface area contributed by atoms with E-state index in [1.807, 2.05) is 0 Å². The summed E-state index contributed by atoms with van der Waals surface area (Å²) >= 11 is 0. The van der Waals surface area contributed by atoms with Crippen LogP contribution in [0.3, 0.4) is 0 Å². The molecule has 0 unspecified atom stereocenters. The fraction of sp³-hybridized carbons (Fsp3) is 0.867. The van der Waals surface area contributed by atoms with Crippen molar-refractivity contribution in [3.05, 3.63) is 0 Å². The van der Waals surface area contributed by atoms with Crippen LogP contribution >= 0.6 is 0 Å². The van der Waals surface area contributed by atoms with Gasteiger partial charge >= 0.3 is 5.97 Å². The fourth-order valence-electron chi connectivity index (χ4n) is 2.06. The van der Waals surface area contributed by atoms with Crippen molar-refractivity contribution in [1.82, 2.24) is 5.32 Å². The minimum absolute atomic E-state index is 0.0751. The largest absolute Gasteiger partial charge is 0.481 e. The summed E-state index contributed by atoms with van der Waals surface area (Å²) in [6.07, 6.45) is 10.3. The number of rotatable bonds is 14. The van der Waals surface area contributed by atoms with E-state index in [1.165, 1.54) is 25.7 Å². The quantitative estimate of drug-likeness (QED) is 0.428. The van der Waals surface area contributed by atoms with Gasteiger partial charge in [0.25, 0.3) is 0 Å². The van der Waals surface area contributed by atoms with E-state index in [0.29, 0.717) is 13.0 Å². The van der Waals surface area contributed by atoms with Crippen LogP contribution in [-0.2, 0) is 9.59 Å². The zero-order chi connectivity index (χ0) is 15.1. The van der Waals surface area contributed by atoms with E-state index in [2.05, 4.69) is 5.32 Å². The second-order valence-corrected chi connectivity index (χ2v) is 5.15. The topological polar surface area (TPSA) is 86.6 Å². The van der Waals surface area contributed by atoms with Gasteiger partial charge in [-0.3, -0.25) is 9.59 Å². The van der Waals surface area contributed by atoms with Gasteiger partial charge in [0.05, 0.1) is 6.61 Å². The van der Waals surface area contributed by atoms with Gasteiger partial charge in [0.2, 0.25) is 5.91 Å². The molecule has 0 rings (SSSR count). The number of carbonyl (C=O) groups excluding carboxylic acids is 1. The Hall–Kier alpha value is -1.10. The van der Waals surface area contributed by atoms with Crippen LogP contribution in [0.4, 0.5) is 0 Å². The molecule has 0 radical (unpaired) electrons. The number of carboxylic acid groups (broad SMARTS) is 1. The van der Waals surface area contributed by atoms with Crippen LogP contribution in [0.1, 0.15) is 70.6 Å². The summed E-state index contributed by atoms with van der Waals surface area (Å²) in [6.45, 7) is 0.617. The van der Waals surface area contributed by atoms with Crippen molar-refractivity contribution < 1.29 is 19.8 Å². The smallest absolute Gasteiger partial charge is 0.303 e. The Labute approximate surface area is 121 Å². The van der Waals surface area contributed by atoms with Crippen molar-refractivity contribution in [2.75, 3.05) is 13.2 Å². The molecule has 0 bridgehead atoms. The molecule has 0 aromatic heterocycles. The maximum atomic E-state index is 11.0. The molecule has 5 heteroatoms. The molecule has 5 nitrogen and oxygen atoms in total. The van der Waals surface area contributed by atoms with Gasteiger partial charge in [-0.25, -0.2) is 0 Å². The van der Waals surface area contributed by atoms with E-state index in [9.17, 15) is 9.59 Å². The van der Waals surface area contributed by atoms with E-state index in [4.69, 9.17) is 10.2 Å². The van der Waals surface area contributed by atoms with Gasteiger partial charge in [-0.1, -0.05) is 44.9 Å². The van der Waals surface area contributed by atoms with Crippen molar-refractivity contribution in [2.24, 2.45) is 0 Å². The Bertz CT molecular complexity index is 256. The van der Waals surface area contributed by atoms with Crippen LogP contribution in [0.15, 0.2) is 0 Å². The van der Waals surface area contributed by atoms with Gasteiger partial charge in [-0.05, 0) is 12.8 Å². The summed E-state index contributed by atoms with van der Waals surface area (Å²) < 4.78 is 0. The summed E-state index contributed by atoms with van der Waals surface area (Å²) in [7, 11) is 0. The normalized spacial score (nSPS) is 10.4. The van der Waals surface area contributed by atoms with E-state index >= 15 is 0 Å². The maximum Gasteiger partial charge on any atom is 0.303 e. The summed E-state index contributed by atoms with van der Waals surface area (Å²) in [5.74, 6) is -0.773. The van der Waals surface area contributed by atoms with Gasteiger partial charge in [-0.15, -0.1) is 0 Å². The molecule has 0 heterocycles.